The van der Waals surface area contributed by atoms with Gasteiger partial charge in [0.15, 0.2) is 0 Å². The number of carbonyl (C=O) groups is 2. The largest absolute Gasteiger partial charge is 0.343 e. The summed E-state index contributed by atoms with van der Waals surface area (Å²) in [6, 6.07) is 9.27. The standard InChI is InChI=1S/C19H24N4O2S/c1-14-10-12-23(13-11-14)17(24)9-5-8-16-21-22-19(26-16)18(25)20-15-6-3-2-4-7-15/h2-4,6-7,14H,5,8-13H2,1H3,(H,20,25). The van der Waals surface area contributed by atoms with Crippen LogP contribution in [-0.4, -0.2) is 40.0 Å². The van der Waals surface area contributed by atoms with E-state index in [0.717, 1.165) is 49.0 Å². The summed E-state index contributed by atoms with van der Waals surface area (Å²) in [6.07, 6.45) is 4.13. The highest BCUT2D eigenvalue weighted by atomic mass is 32.1. The fraction of sp³-hybridized carbons (Fsp3) is 0.474. The van der Waals surface area contributed by atoms with Gasteiger partial charge in [-0.15, -0.1) is 10.2 Å². The number of aryl methyl sites for hydroxylation is 1. The van der Waals surface area contributed by atoms with E-state index in [1.807, 2.05) is 35.2 Å². The fourth-order valence-electron chi connectivity index (χ4n) is 2.96. The summed E-state index contributed by atoms with van der Waals surface area (Å²) in [5, 5.41) is 12.0. The van der Waals surface area contributed by atoms with Gasteiger partial charge in [0.2, 0.25) is 10.9 Å². The number of aromatic nitrogens is 2. The third kappa shape index (κ3) is 5.11. The molecular weight excluding hydrogens is 348 g/mol. The molecule has 0 unspecified atom stereocenters. The normalized spacial score (nSPS) is 15.0. The minimum Gasteiger partial charge on any atom is -0.343 e. The maximum absolute atomic E-state index is 12.2. The molecule has 0 atom stereocenters. The molecule has 3 rings (SSSR count). The van der Waals surface area contributed by atoms with Crippen molar-refractivity contribution in [1.29, 1.82) is 0 Å². The monoisotopic (exact) mass is 372 g/mol. The zero-order chi connectivity index (χ0) is 18.4. The lowest BCUT2D eigenvalue weighted by Crippen LogP contribution is -2.37. The van der Waals surface area contributed by atoms with Gasteiger partial charge in [0.25, 0.3) is 5.91 Å². The van der Waals surface area contributed by atoms with Crippen molar-refractivity contribution in [3.8, 4) is 0 Å². The smallest absolute Gasteiger partial charge is 0.286 e. The van der Waals surface area contributed by atoms with Crippen LogP contribution in [0.2, 0.25) is 0 Å². The van der Waals surface area contributed by atoms with Crippen molar-refractivity contribution < 1.29 is 9.59 Å². The lowest BCUT2D eigenvalue weighted by molar-refractivity contribution is -0.132. The van der Waals surface area contributed by atoms with Gasteiger partial charge in [-0.3, -0.25) is 9.59 Å². The quantitative estimate of drug-likeness (QED) is 0.843. The summed E-state index contributed by atoms with van der Waals surface area (Å²) in [5.74, 6) is 0.697. The molecule has 0 saturated carbocycles. The summed E-state index contributed by atoms with van der Waals surface area (Å²) in [5.41, 5.74) is 0.732. The number of hydrogen-bond acceptors (Lipinski definition) is 5. The molecule has 1 aliphatic heterocycles. The molecule has 1 aromatic carbocycles. The van der Waals surface area contributed by atoms with E-state index in [-0.39, 0.29) is 11.8 Å². The first-order chi connectivity index (χ1) is 12.6. The fourth-order valence-corrected chi connectivity index (χ4v) is 3.74. The number of hydrogen-bond donors (Lipinski definition) is 1. The molecule has 1 fully saturated rings. The van der Waals surface area contributed by atoms with Gasteiger partial charge in [0, 0.05) is 31.6 Å². The maximum Gasteiger partial charge on any atom is 0.286 e. The predicted octanol–water partition coefficient (Wildman–Crippen LogP) is 3.37. The molecule has 2 aromatic rings. The Morgan fingerprint density at radius 2 is 1.92 bits per heavy atom. The van der Waals surface area contributed by atoms with Crippen molar-refractivity contribution in [3.63, 3.8) is 0 Å². The SMILES string of the molecule is CC1CCN(C(=O)CCCc2nnc(C(=O)Nc3ccccc3)s2)CC1. The first-order valence-electron chi connectivity index (χ1n) is 9.08. The molecule has 2 amide bonds. The molecule has 1 aromatic heterocycles. The lowest BCUT2D eigenvalue weighted by Gasteiger charge is -2.30. The Kier molecular flexibility index (Phi) is 6.33. The van der Waals surface area contributed by atoms with Crippen molar-refractivity contribution in [2.24, 2.45) is 5.92 Å². The number of carbonyl (C=O) groups excluding carboxylic acids is 2. The third-order valence-corrected chi connectivity index (χ3v) is 5.59. The molecule has 7 heteroatoms. The van der Waals surface area contributed by atoms with E-state index in [4.69, 9.17) is 0 Å². The second-order valence-electron chi connectivity index (χ2n) is 6.74. The molecule has 1 saturated heterocycles. The van der Waals surface area contributed by atoms with Crippen LogP contribution >= 0.6 is 11.3 Å². The number of benzene rings is 1. The predicted molar refractivity (Wildman–Crippen MR) is 102 cm³/mol. The molecule has 138 valence electrons. The molecule has 0 aliphatic carbocycles. The van der Waals surface area contributed by atoms with Crippen LogP contribution in [0.25, 0.3) is 0 Å². The van der Waals surface area contributed by atoms with Crippen LogP contribution in [0.3, 0.4) is 0 Å². The van der Waals surface area contributed by atoms with E-state index < -0.39 is 0 Å². The Hall–Kier alpha value is -2.28. The Morgan fingerprint density at radius 3 is 2.65 bits per heavy atom. The van der Waals surface area contributed by atoms with Crippen molar-refractivity contribution in [1.82, 2.24) is 15.1 Å². The summed E-state index contributed by atoms with van der Waals surface area (Å²) >= 11 is 1.29. The minimum atomic E-state index is -0.251. The number of likely N-dealkylation sites (tertiary alicyclic amines) is 1. The highest BCUT2D eigenvalue weighted by Gasteiger charge is 2.20. The first-order valence-corrected chi connectivity index (χ1v) is 9.90. The van der Waals surface area contributed by atoms with Gasteiger partial charge in [-0.2, -0.15) is 0 Å². The lowest BCUT2D eigenvalue weighted by atomic mass is 9.99. The van der Waals surface area contributed by atoms with Crippen LogP contribution in [0, 0.1) is 5.92 Å². The van der Waals surface area contributed by atoms with Crippen molar-refractivity contribution >= 4 is 28.8 Å². The number of anilines is 1. The van der Waals surface area contributed by atoms with Crippen molar-refractivity contribution in [2.75, 3.05) is 18.4 Å². The molecule has 2 heterocycles. The summed E-state index contributed by atoms with van der Waals surface area (Å²) in [4.78, 5) is 26.4. The zero-order valence-corrected chi connectivity index (χ0v) is 15.8. The Morgan fingerprint density at radius 1 is 1.19 bits per heavy atom. The second-order valence-corrected chi connectivity index (χ2v) is 7.80. The van der Waals surface area contributed by atoms with E-state index >= 15 is 0 Å². The zero-order valence-electron chi connectivity index (χ0n) is 15.0. The van der Waals surface area contributed by atoms with E-state index in [2.05, 4.69) is 22.4 Å². The molecule has 0 radical (unpaired) electrons. The van der Waals surface area contributed by atoms with Crippen LogP contribution in [0.5, 0.6) is 0 Å². The number of para-hydroxylation sites is 1. The molecule has 6 nitrogen and oxygen atoms in total. The van der Waals surface area contributed by atoms with E-state index in [0.29, 0.717) is 17.8 Å². The molecule has 1 aliphatic rings. The molecule has 1 N–H and O–H groups in total. The Balaban J connectivity index is 1.43. The number of rotatable bonds is 6. The number of amides is 2. The number of nitrogens with zero attached hydrogens (tertiary/aromatic N) is 3. The van der Waals surface area contributed by atoms with Gasteiger partial charge in [-0.05, 0) is 37.3 Å². The van der Waals surface area contributed by atoms with Crippen LogP contribution < -0.4 is 5.32 Å². The van der Waals surface area contributed by atoms with E-state index in [1.165, 1.54) is 11.3 Å². The Bertz CT molecular complexity index is 739. The van der Waals surface area contributed by atoms with E-state index in [9.17, 15) is 9.59 Å². The Labute approximate surface area is 157 Å². The van der Waals surface area contributed by atoms with Crippen molar-refractivity contribution in [3.05, 3.63) is 40.3 Å². The average Bonchev–Trinajstić information content (AvgIpc) is 3.12. The number of nitrogens with one attached hydrogen (secondary N) is 1. The van der Waals surface area contributed by atoms with Gasteiger partial charge in [0.05, 0.1) is 0 Å². The summed E-state index contributed by atoms with van der Waals surface area (Å²) < 4.78 is 0. The van der Waals surface area contributed by atoms with Gasteiger partial charge in [-0.1, -0.05) is 36.5 Å². The van der Waals surface area contributed by atoms with Crippen LogP contribution in [0.1, 0.15) is 47.4 Å². The van der Waals surface area contributed by atoms with Crippen LogP contribution in [0.15, 0.2) is 30.3 Å². The average molecular weight is 372 g/mol. The summed E-state index contributed by atoms with van der Waals surface area (Å²) in [6.45, 7) is 3.99. The van der Waals surface area contributed by atoms with Crippen molar-refractivity contribution in [2.45, 2.75) is 39.0 Å². The minimum absolute atomic E-state index is 0.225. The maximum atomic E-state index is 12.2. The molecule has 0 spiro atoms. The first kappa shape index (κ1) is 18.5. The van der Waals surface area contributed by atoms with Gasteiger partial charge < -0.3 is 10.2 Å². The highest BCUT2D eigenvalue weighted by molar-refractivity contribution is 7.13. The van der Waals surface area contributed by atoms with Crippen LogP contribution in [0.4, 0.5) is 5.69 Å². The van der Waals surface area contributed by atoms with Gasteiger partial charge in [-0.25, -0.2) is 0 Å². The molecule has 26 heavy (non-hydrogen) atoms. The molecular formula is C19H24N4O2S. The van der Waals surface area contributed by atoms with Gasteiger partial charge in [0.1, 0.15) is 5.01 Å². The van der Waals surface area contributed by atoms with Crippen LogP contribution in [-0.2, 0) is 11.2 Å². The highest BCUT2D eigenvalue weighted by Crippen LogP contribution is 2.18. The summed E-state index contributed by atoms with van der Waals surface area (Å²) in [7, 11) is 0. The van der Waals surface area contributed by atoms with E-state index in [1.54, 1.807) is 0 Å². The third-order valence-electron chi connectivity index (χ3n) is 4.61. The number of piperidine rings is 1. The molecule has 0 bridgehead atoms. The topological polar surface area (TPSA) is 75.2 Å². The second kappa shape index (κ2) is 8.89. The van der Waals surface area contributed by atoms with Gasteiger partial charge >= 0.3 is 0 Å².